The average Bonchev–Trinajstić information content (AvgIpc) is 3.09. The number of methoxy groups -OCH3 is 2. The number of rotatable bonds is 7. The van der Waals surface area contributed by atoms with Gasteiger partial charge in [-0.05, 0) is 48.1 Å². The molecule has 1 N–H and O–H groups in total. The van der Waals surface area contributed by atoms with Crippen molar-refractivity contribution < 1.29 is 24.2 Å². The summed E-state index contributed by atoms with van der Waals surface area (Å²) < 4.78 is 10.7. The first-order valence-corrected chi connectivity index (χ1v) is 10.6. The second kappa shape index (κ2) is 9.40. The molecule has 8 nitrogen and oxygen atoms in total. The molecule has 1 aromatic carbocycles. The average molecular weight is 437 g/mol. The minimum atomic E-state index is -0.354. The number of imide groups is 1. The van der Waals surface area contributed by atoms with Crippen molar-refractivity contribution in [3.05, 3.63) is 59.5 Å². The van der Waals surface area contributed by atoms with Gasteiger partial charge >= 0.3 is 0 Å². The summed E-state index contributed by atoms with van der Waals surface area (Å²) in [6.45, 7) is 1.38. The van der Waals surface area contributed by atoms with Gasteiger partial charge in [-0.25, -0.2) is 0 Å². The second-order valence-corrected chi connectivity index (χ2v) is 7.99. The van der Waals surface area contributed by atoms with Gasteiger partial charge in [-0.3, -0.25) is 19.5 Å². The number of hydrogen-bond acceptors (Lipinski definition) is 7. The summed E-state index contributed by atoms with van der Waals surface area (Å²) in [6, 6.07) is 8.83. The molecule has 0 bridgehead atoms. The number of aromatic nitrogens is 1. The van der Waals surface area contributed by atoms with Crippen molar-refractivity contribution in [3.63, 3.8) is 0 Å². The van der Waals surface area contributed by atoms with Gasteiger partial charge < -0.3 is 19.5 Å². The van der Waals surface area contributed by atoms with E-state index >= 15 is 0 Å². The smallest absolute Gasteiger partial charge is 0.278 e. The molecule has 2 amide bonds. The van der Waals surface area contributed by atoms with Crippen molar-refractivity contribution >= 4 is 17.4 Å². The Kier molecular flexibility index (Phi) is 6.41. The van der Waals surface area contributed by atoms with Crippen LogP contribution in [0.25, 0.3) is 5.57 Å². The molecular formula is C24H27N3O5. The van der Waals surface area contributed by atoms with Gasteiger partial charge in [0.1, 0.15) is 5.70 Å². The number of aliphatic hydroxyl groups is 1. The summed E-state index contributed by atoms with van der Waals surface area (Å²) >= 11 is 0. The normalized spacial score (nSPS) is 19.0. The van der Waals surface area contributed by atoms with Crippen LogP contribution in [0.15, 0.2) is 48.4 Å². The fourth-order valence-corrected chi connectivity index (χ4v) is 4.34. The van der Waals surface area contributed by atoms with E-state index in [4.69, 9.17) is 9.47 Å². The lowest BCUT2D eigenvalue weighted by molar-refractivity contribution is -0.138. The Bertz CT molecular complexity index is 1040. The molecule has 2 aliphatic heterocycles. The summed E-state index contributed by atoms with van der Waals surface area (Å²) in [7, 11) is 3.08. The first-order valence-electron chi connectivity index (χ1n) is 10.6. The van der Waals surface area contributed by atoms with Gasteiger partial charge in [-0.15, -0.1) is 0 Å². The molecule has 1 fully saturated rings. The maximum absolute atomic E-state index is 13.6. The van der Waals surface area contributed by atoms with Crippen LogP contribution >= 0.6 is 0 Å². The van der Waals surface area contributed by atoms with Crippen molar-refractivity contribution in [3.8, 4) is 11.5 Å². The highest BCUT2D eigenvalue weighted by molar-refractivity contribution is 6.35. The number of nitrogens with zero attached hydrogens (tertiary/aromatic N) is 3. The first kappa shape index (κ1) is 21.8. The zero-order valence-electron chi connectivity index (χ0n) is 18.3. The molecule has 0 radical (unpaired) electrons. The SMILES string of the molecule is COc1ccc(C2=C(N3CCCC(CO)C3)C(=O)N(Cc3cccnc3)C2=O)cc1OC. The maximum atomic E-state index is 13.6. The molecule has 1 atom stereocenters. The second-order valence-electron chi connectivity index (χ2n) is 7.99. The molecule has 1 saturated heterocycles. The van der Waals surface area contributed by atoms with Crippen molar-refractivity contribution in [1.29, 1.82) is 0 Å². The fourth-order valence-electron chi connectivity index (χ4n) is 4.34. The van der Waals surface area contributed by atoms with Crippen LogP contribution in [0.5, 0.6) is 11.5 Å². The molecule has 3 heterocycles. The topological polar surface area (TPSA) is 92.2 Å². The van der Waals surface area contributed by atoms with Gasteiger partial charge in [0.15, 0.2) is 11.5 Å². The zero-order chi connectivity index (χ0) is 22.7. The lowest BCUT2D eigenvalue weighted by Crippen LogP contribution is -2.40. The van der Waals surface area contributed by atoms with Gasteiger partial charge in [-0.2, -0.15) is 0 Å². The Morgan fingerprint density at radius 1 is 1.12 bits per heavy atom. The third kappa shape index (κ3) is 4.05. The quantitative estimate of drug-likeness (QED) is 0.663. The molecule has 0 saturated carbocycles. The number of aliphatic hydroxyl groups excluding tert-OH is 1. The molecular weight excluding hydrogens is 410 g/mol. The Labute approximate surface area is 187 Å². The number of benzene rings is 1. The van der Waals surface area contributed by atoms with Crippen molar-refractivity contribution in [2.75, 3.05) is 33.9 Å². The number of carbonyl (C=O) groups is 2. The lowest BCUT2D eigenvalue weighted by Gasteiger charge is -2.34. The van der Waals surface area contributed by atoms with Crippen LogP contribution in [0.3, 0.4) is 0 Å². The highest BCUT2D eigenvalue weighted by Crippen LogP contribution is 2.38. The molecule has 8 heteroatoms. The first-order chi connectivity index (χ1) is 15.6. The van der Waals surface area contributed by atoms with E-state index in [1.807, 2.05) is 11.0 Å². The Balaban J connectivity index is 1.77. The van der Waals surface area contributed by atoms with Gasteiger partial charge in [0.05, 0.1) is 26.3 Å². The summed E-state index contributed by atoms with van der Waals surface area (Å²) in [5, 5.41) is 9.68. The summed E-state index contributed by atoms with van der Waals surface area (Å²) in [5.74, 6) is 0.406. The van der Waals surface area contributed by atoms with E-state index in [9.17, 15) is 14.7 Å². The Hall–Kier alpha value is -3.39. The van der Waals surface area contributed by atoms with E-state index in [2.05, 4.69) is 4.98 Å². The zero-order valence-corrected chi connectivity index (χ0v) is 18.3. The number of piperidine rings is 1. The van der Waals surface area contributed by atoms with Gasteiger partial charge in [0.25, 0.3) is 11.8 Å². The van der Waals surface area contributed by atoms with Gasteiger partial charge in [0.2, 0.25) is 0 Å². The number of carbonyl (C=O) groups excluding carboxylic acids is 2. The summed E-state index contributed by atoms with van der Waals surface area (Å²) in [6.07, 6.45) is 5.04. The molecule has 168 valence electrons. The maximum Gasteiger partial charge on any atom is 0.278 e. The number of hydrogen-bond donors (Lipinski definition) is 1. The van der Waals surface area contributed by atoms with E-state index in [0.717, 1.165) is 18.4 Å². The minimum absolute atomic E-state index is 0.0526. The van der Waals surface area contributed by atoms with Crippen LogP contribution in [0.4, 0.5) is 0 Å². The van der Waals surface area contributed by atoms with Crippen molar-refractivity contribution in [2.24, 2.45) is 5.92 Å². The Morgan fingerprint density at radius 2 is 1.94 bits per heavy atom. The third-order valence-corrected chi connectivity index (χ3v) is 5.97. The predicted octanol–water partition coefficient (Wildman–Crippen LogP) is 2.08. The number of ether oxygens (including phenoxy) is 2. The fraction of sp³-hybridized carbons (Fsp3) is 0.375. The molecule has 32 heavy (non-hydrogen) atoms. The largest absolute Gasteiger partial charge is 0.493 e. The van der Waals surface area contributed by atoms with E-state index in [-0.39, 0.29) is 30.9 Å². The van der Waals surface area contributed by atoms with Crippen LogP contribution in [-0.2, 0) is 16.1 Å². The summed E-state index contributed by atoms with van der Waals surface area (Å²) in [4.78, 5) is 34.4. The Morgan fingerprint density at radius 3 is 2.62 bits per heavy atom. The van der Waals surface area contributed by atoms with Crippen LogP contribution in [0.2, 0.25) is 0 Å². The third-order valence-electron chi connectivity index (χ3n) is 5.97. The standard InChI is InChI=1S/C24H27N3O5/c1-31-19-8-7-18(11-20(19)32-2)21-22(26-10-4-6-17(13-26)15-28)24(30)27(23(21)29)14-16-5-3-9-25-12-16/h3,5,7-9,11-12,17,28H,4,6,10,13-15H2,1-2H3. The van der Waals surface area contributed by atoms with Crippen LogP contribution in [0, 0.1) is 5.92 Å². The molecule has 2 aliphatic rings. The van der Waals surface area contributed by atoms with Crippen LogP contribution < -0.4 is 9.47 Å². The summed E-state index contributed by atoms with van der Waals surface area (Å²) in [5.41, 5.74) is 2.09. The number of pyridine rings is 1. The van der Waals surface area contributed by atoms with Gasteiger partial charge in [-0.1, -0.05) is 12.1 Å². The highest BCUT2D eigenvalue weighted by atomic mass is 16.5. The van der Waals surface area contributed by atoms with Crippen LogP contribution in [-0.4, -0.2) is 65.6 Å². The number of likely N-dealkylation sites (tertiary alicyclic amines) is 1. The molecule has 1 unspecified atom stereocenters. The predicted molar refractivity (Wildman–Crippen MR) is 118 cm³/mol. The van der Waals surface area contributed by atoms with E-state index in [1.165, 1.54) is 12.0 Å². The van der Waals surface area contributed by atoms with Crippen molar-refractivity contribution in [1.82, 2.24) is 14.8 Å². The molecule has 0 aliphatic carbocycles. The molecule has 2 aromatic rings. The molecule has 4 rings (SSSR count). The van der Waals surface area contributed by atoms with E-state index in [1.54, 1.807) is 43.8 Å². The monoisotopic (exact) mass is 437 g/mol. The molecule has 0 spiro atoms. The highest BCUT2D eigenvalue weighted by Gasteiger charge is 2.42. The molecule has 1 aromatic heterocycles. The number of amides is 2. The lowest BCUT2D eigenvalue weighted by atomic mass is 9.96. The van der Waals surface area contributed by atoms with E-state index < -0.39 is 0 Å². The van der Waals surface area contributed by atoms with E-state index in [0.29, 0.717) is 41.4 Å². The van der Waals surface area contributed by atoms with Crippen molar-refractivity contribution in [2.45, 2.75) is 19.4 Å². The minimum Gasteiger partial charge on any atom is -0.493 e. The van der Waals surface area contributed by atoms with Gasteiger partial charge in [0, 0.05) is 32.1 Å². The van der Waals surface area contributed by atoms with Crippen LogP contribution in [0.1, 0.15) is 24.0 Å².